The molecule has 6 nitrogen and oxygen atoms in total. The zero-order valence-electron chi connectivity index (χ0n) is 30.0. The van der Waals surface area contributed by atoms with Crippen molar-refractivity contribution in [1.82, 2.24) is 4.90 Å². The number of aromatic hydroxyl groups is 1. The number of nitrogens with zero attached hydrogens (tertiary/aromatic N) is 1. The average molecular weight is 696 g/mol. The number of carbonyl (C=O) groups is 2. The van der Waals surface area contributed by atoms with Crippen molar-refractivity contribution in [3.8, 4) is 5.75 Å². The quantitative estimate of drug-likeness (QED) is 0.121. The van der Waals surface area contributed by atoms with E-state index in [4.69, 9.17) is 9.16 Å². The van der Waals surface area contributed by atoms with Crippen LogP contribution in [-0.2, 0) is 18.8 Å². The van der Waals surface area contributed by atoms with E-state index >= 15 is 0 Å². The lowest BCUT2D eigenvalue weighted by atomic mass is 9.69. The maximum atomic E-state index is 14.1. The van der Waals surface area contributed by atoms with E-state index in [9.17, 15) is 19.1 Å². The number of allylic oxidation sites excluding steroid dienone is 1. The van der Waals surface area contributed by atoms with Gasteiger partial charge in [-0.3, -0.25) is 14.5 Å². The Morgan fingerprint density at radius 2 is 1.64 bits per heavy atom. The van der Waals surface area contributed by atoms with Crippen LogP contribution in [0.3, 0.4) is 0 Å². The molecule has 0 spiro atoms. The summed E-state index contributed by atoms with van der Waals surface area (Å²) in [6, 6.07) is 25.6. The Balaban J connectivity index is 1.38. The zero-order valence-corrected chi connectivity index (χ0v) is 31.0. The Kier molecular flexibility index (Phi) is 10.6. The number of ether oxygens (including phenoxy) is 1. The fourth-order valence-corrected chi connectivity index (χ4v) is 13.1. The lowest BCUT2D eigenvalue weighted by Gasteiger charge is -2.44. The van der Waals surface area contributed by atoms with Crippen LogP contribution in [0.1, 0.15) is 72.3 Å². The van der Waals surface area contributed by atoms with Crippen molar-refractivity contribution >= 4 is 36.6 Å². The molecule has 2 saturated heterocycles. The number of fused-ring (bicyclic) bond motifs is 3. The van der Waals surface area contributed by atoms with Gasteiger partial charge in [0.05, 0.1) is 31.2 Å². The minimum Gasteiger partial charge on any atom is -0.505 e. The molecule has 3 aromatic rings. The minimum atomic E-state index is -2.88. The standard InChI is InChI=1S/C42H50FNO5Si/c1-6-22-44-40(46)33-25-30(26-49-50(42(3,4)5,31-14-10-8-11-15-31)32-16-12-9-13-17-32)38-34(39(33)41(44)47)27-48-37(38)21-19-28(7-2)23-29-18-20-36(45)35(43)24-29/h8-18,20,23-24,33-34,37,39,45H,6-7,19,21-22,25-27H2,1-5H3/b28-23+/t33-,34+,37-,39-/m1/s1. The summed E-state index contributed by atoms with van der Waals surface area (Å²) in [4.78, 5) is 29.1. The molecule has 2 amide bonds. The first-order valence-electron chi connectivity index (χ1n) is 18.1. The molecular weight excluding hydrogens is 646 g/mol. The summed E-state index contributed by atoms with van der Waals surface area (Å²) in [5, 5.41) is 11.8. The van der Waals surface area contributed by atoms with Crippen LogP contribution in [0.2, 0.25) is 5.04 Å². The second-order valence-corrected chi connectivity index (χ2v) is 19.3. The number of benzene rings is 3. The number of carbonyl (C=O) groups excluding carboxylic acids is 2. The highest BCUT2D eigenvalue weighted by molar-refractivity contribution is 6.99. The summed E-state index contributed by atoms with van der Waals surface area (Å²) in [6.45, 7) is 12.1. The SMILES string of the molecule is CCCN1C(=O)[C@@H]2[C@@H](CC(CO[Si](c3ccccc3)(c3ccccc3)C(C)(C)C)=C3[C@@H](CC/C(=C/c4ccc(O)c(F)c4)CC)OC[C@@H]32)C1=O. The van der Waals surface area contributed by atoms with Gasteiger partial charge >= 0.3 is 0 Å². The summed E-state index contributed by atoms with van der Waals surface area (Å²) >= 11 is 0. The molecule has 2 heterocycles. The molecule has 0 bridgehead atoms. The molecule has 6 rings (SSSR count). The molecule has 4 atom stereocenters. The first-order chi connectivity index (χ1) is 24.0. The van der Waals surface area contributed by atoms with Crippen molar-refractivity contribution in [2.45, 2.75) is 77.9 Å². The molecule has 0 aromatic heterocycles. The van der Waals surface area contributed by atoms with Crippen molar-refractivity contribution < 1.29 is 28.2 Å². The van der Waals surface area contributed by atoms with Crippen molar-refractivity contribution in [2.75, 3.05) is 19.8 Å². The van der Waals surface area contributed by atoms with E-state index < -0.39 is 26.0 Å². The van der Waals surface area contributed by atoms with E-state index in [1.807, 2.05) is 25.1 Å². The summed E-state index contributed by atoms with van der Waals surface area (Å²) < 4.78 is 28.1. The smallest absolute Gasteiger partial charge is 0.261 e. The lowest BCUT2D eigenvalue weighted by molar-refractivity contribution is -0.140. The summed E-state index contributed by atoms with van der Waals surface area (Å²) in [5.74, 6) is -2.12. The van der Waals surface area contributed by atoms with Gasteiger partial charge in [-0.2, -0.15) is 0 Å². The monoisotopic (exact) mass is 695 g/mol. The molecule has 264 valence electrons. The number of phenolic OH excluding ortho intramolecular Hbond substituents is 1. The zero-order chi connectivity index (χ0) is 35.6. The van der Waals surface area contributed by atoms with Crippen molar-refractivity contribution in [2.24, 2.45) is 17.8 Å². The average Bonchev–Trinajstić information content (AvgIpc) is 3.63. The van der Waals surface area contributed by atoms with E-state index in [2.05, 4.69) is 76.2 Å². The lowest BCUT2D eigenvalue weighted by Crippen LogP contribution is -2.66. The molecule has 3 aromatic carbocycles. The van der Waals surface area contributed by atoms with Crippen LogP contribution < -0.4 is 10.4 Å². The van der Waals surface area contributed by atoms with Crippen LogP contribution in [0.15, 0.2) is 95.6 Å². The summed E-state index contributed by atoms with van der Waals surface area (Å²) in [5.41, 5.74) is 4.07. The van der Waals surface area contributed by atoms with Gasteiger partial charge in [-0.15, -0.1) is 0 Å². The van der Waals surface area contributed by atoms with Crippen LogP contribution >= 0.6 is 0 Å². The number of imide groups is 1. The Bertz CT molecular complexity index is 1730. The molecule has 50 heavy (non-hydrogen) atoms. The van der Waals surface area contributed by atoms with Gasteiger partial charge in [0.15, 0.2) is 11.6 Å². The first-order valence-corrected chi connectivity index (χ1v) is 20.0. The van der Waals surface area contributed by atoms with Crippen LogP contribution in [0, 0.1) is 23.6 Å². The van der Waals surface area contributed by atoms with Crippen LogP contribution in [-0.4, -0.2) is 56.0 Å². The van der Waals surface area contributed by atoms with Gasteiger partial charge < -0.3 is 14.3 Å². The topological polar surface area (TPSA) is 76.1 Å². The molecule has 1 aliphatic carbocycles. The van der Waals surface area contributed by atoms with Crippen molar-refractivity contribution in [1.29, 1.82) is 0 Å². The number of rotatable bonds is 12. The minimum absolute atomic E-state index is 0.0652. The van der Waals surface area contributed by atoms with E-state index in [1.165, 1.54) is 27.4 Å². The molecule has 8 heteroatoms. The van der Waals surface area contributed by atoms with Gasteiger partial charge in [-0.05, 0) is 76.4 Å². The Hall–Kier alpha value is -3.85. The van der Waals surface area contributed by atoms with Crippen molar-refractivity contribution in [3.63, 3.8) is 0 Å². The third-order valence-electron chi connectivity index (χ3n) is 11.0. The first kappa shape index (κ1) is 36.0. The van der Waals surface area contributed by atoms with Crippen molar-refractivity contribution in [3.05, 3.63) is 107 Å². The van der Waals surface area contributed by atoms with Gasteiger partial charge in [0.25, 0.3) is 8.32 Å². The number of hydrogen-bond donors (Lipinski definition) is 1. The van der Waals surface area contributed by atoms with E-state index in [0.717, 1.165) is 36.0 Å². The number of halogens is 1. The highest BCUT2D eigenvalue weighted by Gasteiger charge is 2.57. The third kappa shape index (κ3) is 6.65. The molecular formula is C42H50FNO5Si. The van der Waals surface area contributed by atoms with E-state index in [0.29, 0.717) is 38.2 Å². The third-order valence-corrected chi connectivity index (χ3v) is 15.9. The molecule has 0 unspecified atom stereocenters. The second kappa shape index (κ2) is 14.8. The summed E-state index contributed by atoms with van der Waals surface area (Å²) in [7, 11) is -2.88. The predicted molar refractivity (Wildman–Crippen MR) is 198 cm³/mol. The number of phenols is 1. The molecule has 2 fully saturated rings. The van der Waals surface area contributed by atoms with E-state index in [1.54, 1.807) is 6.07 Å². The molecule has 2 aliphatic heterocycles. The highest BCUT2D eigenvalue weighted by Crippen LogP contribution is 2.50. The number of likely N-dealkylation sites (tertiary alicyclic amines) is 1. The fourth-order valence-electron chi connectivity index (χ4n) is 8.59. The maximum Gasteiger partial charge on any atom is 0.261 e. The van der Waals surface area contributed by atoms with Gasteiger partial charge in [-0.25, -0.2) is 4.39 Å². The maximum absolute atomic E-state index is 14.1. The Morgan fingerprint density at radius 3 is 2.22 bits per heavy atom. The van der Waals surface area contributed by atoms with Gasteiger partial charge in [0.1, 0.15) is 0 Å². The van der Waals surface area contributed by atoms with Gasteiger partial charge in [0.2, 0.25) is 11.8 Å². The highest BCUT2D eigenvalue weighted by atomic mass is 28.4. The van der Waals surface area contributed by atoms with Crippen LogP contribution in [0.25, 0.3) is 6.08 Å². The number of hydrogen-bond acceptors (Lipinski definition) is 5. The van der Waals surface area contributed by atoms with Crippen LogP contribution in [0.4, 0.5) is 4.39 Å². The molecule has 1 N–H and O–H groups in total. The molecule has 0 radical (unpaired) electrons. The van der Waals surface area contributed by atoms with Gasteiger partial charge in [0, 0.05) is 12.5 Å². The van der Waals surface area contributed by atoms with Gasteiger partial charge in [-0.1, -0.05) is 113 Å². The summed E-state index contributed by atoms with van der Waals surface area (Å²) in [6.07, 6.45) is 5.19. The Morgan fingerprint density at radius 1 is 0.980 bits per heavy atom. The molecule has 3 aliphatic rings. The van der Waals surface area contributed by atoms with Crippen LogP contribution in [0.5, 0.6) is 5.75 Å². The predicted octanol–water partition coefficient (Wildman–Crippen LogP) is 7.41. The fraction of sp³-hybridized carbons (Fsp3) is 0.429. The largest absolute Gasteiger partial charge is 0.505 e. The normalized spacial score (nSPS) is 22.7. The second-order valence-electron chi connectivity index (χ2n) is 15.0. The van der Waals surface area contributed by atoms with E-state index in [-0.39, 0.29) is 34.6 Å². The molecule has 0 saturated carbocycles. The Labute approximate surface area is 297 Å². The number of amides is 2.